The third-order valence-corrected chi connectivity index (χ3v) is 8.81. The molecule has 2 atom stereocenters. The quantitative estimate of drug-likeness (QED) is 0.491. The van der Waals surface area contributed by atoms with Gasteiger partial charge in [-0.2, -0.15) is 0 Å². The molecule has 0 unspecified atom stereocenters. The van der Waals surface area contributed by atoms with Gasteiger partial charge in [-0.15, -0.1) is 0 Å². The number of nitrogens with zero attached hydrogens (tertiary/aromatic N) is 3. The number of benzene rings is 2. The van der Waals surface area contributed by atoms with E-state index in [9.17, 15) is 9.59 Å². The summed E-state index contributed by atoms with van der Waals surface area (Å²) in [6.07, 6.45) is 3.52. The molecule has 0 saturated carbocycles. The van der Waals surface area contributed by atoms with Crippen LogP contribution in [0.25, 0.3) is 0 Å². The fourth-order valence-corrected chi connectivity index (χ4v) is 7.37. The van der Waals surface area contributed by atoms with Crippen LogP contribution in [0.5, 0.6) is 0 Å². The number of hydrogen-bond donors (Lipinski definition) is 0. The molecule has 33 heavy (non-hydrogen) atoms. The van der Waals surface area contributed by atoms with Crippen molar-refractivity contribution in [1.82, 2.24) is 14.5 Å². The normalized spacial score (nSPS) is 20.8. The van der Waals surface area contributed by atoms with Crippen molar-refractivity contribution >= 4 is 31.4 Å². The molecular formula is C26H29N3O3Se. The topological polar surface area (TPSA) is 64.4 Å². The van der Waals surface area contributed by atoms with Gasteiger partial charge >= 0.3 is 201 Å². The average molecular weight is 510 g/mol. The molecule has 1 saturated heterocycles. The fourth-order valence-electron chi connectivity index (χ4n) is 4.25. The van der Waals surface area contributed by atoms with Crippen molar-refractivity contribution in [3.63, 3.8) is 0 Å². The minimum absolute atomic E-state index is 0.171. The molecule has 1 fully saturated rings. The molecule has 0 bridgehead atoms. The maximum absolute atomic E-state index is 14.2. The zero-order valence-corrected chi connectivity index (χ0v) is 21.1. The summed E-state index contributed by atoms with van der Waals surface area (Å²) in [6.45, 7) is 5.72. The Hall–Kier alpha value is -2.89. The molecule has 172 valence electrons. The predicted octanol–water partition coefficient (Wildman–Crippen LogP) is 3.71. The van der Waals surface area contributed by atoms with Crippen LogP contribution in [0.2, 0.25) is 4.31 Å². The van der Waals surface area contributed by atoms with E-state index in [0.29, 0.717) is 6.42 Å². The standard InChI is InChI=1S/C26H29N3O3Se/c1-25(2,3)32-24(31)29-17-21(22-16-27-18-28(22)4)26(23(29)30,15-19-11-7-5-8-12-19)33-20-13-9-6-10-14-20/h5-14,16,18,21H,15,17H2,1-4H3/t21-,26+/m0/s1. The number of ether oxygens (including phenoxy) is 1. The second kappa shape index (κ2) is 9.16. The molecule has 2 heterocycles. The molecule has 0 spiro atoms. The zero-order valence-electron chi connectivity index (χ0n) is 19.4. The first-order valence-electron chi connectivity index (χ1n) is 11.0. The molecule has 1 aromatic heterocycles. The summed E-state index contributed by atoms with van der Waals surface area (Å²) in [7, 11) is 1.94. The van der Waals surface area contributed by atoms with Crippen LogP contribution >= 0.6 is 0 Å². The van der Waals surface area contributed by atoms with Gasteiger partial charge in [-0.25, -0.2) is 0 Å². The number of carbonyl (C=O) groups excluding carboxylic acids is 2. The fraction of sp³-hybridized carbons (Fsp3) is 0.346. The van der Waals surface area contributed by atoms with Crippen molar-refractivity contribution in [3.05, 3.63) is 84.4 Å². The van der Waals surface area contributed by atoms with E-state index in [2.05, 4.69) is 17.1 Å². The van der Waals surface area contributed by atoms with Crippen LogP contribution in [-0.2, 0) is 23.0 Å². The summed E-state index contributed by atoms with van der Waals surface area (Å²) >= 11 is -0.243. The SMILES string of the molecule is Cn1cncc1[C@@H]1CN(C(=O)OC(C)(C)C)C(=O)[C@]1(Cc1ccccc1)[Se]c1ccccc1. The van der Waals surface area contributed by atoms with Gasteiger partial charge in [0.25, 0.3) is 0 Å². The van der Waals surface area contributed by atoms with Crippen LogP contribution in [0.1, 0.15) is 37.9 Å². The van der Waals surface area contributed by atoms with Crippen molar-refractivity contribution in [2.24, 2.45) is 7.05 Å². The van der Waals surface area contributed by atoms with Crippen LogP contribution < -0.4 is 4.46 Å². The first-order chi connectivity index (χ1) is 15.7. The van der Waals surface area contributed by atoms with Crippen LogP contribution in [0.4, 0.5) is 4.79 Å². The average Bonchev–Trinajstić information content (AvgIpc) is 3.30. The van der Waals surface area contributed by atoms with Gasteiger partial charge in [0.1, 0.15) is 0 Å². The minimum atomic E-state index is -0.791. The van der Waals surface area contributed by atoms with Gasteiger partial charge in [0, 0.05) is 0 Å². The van der Waals surface area contributed by atoms with Crippen molar-refractivity contribution in [1.29, 1.82) is 0 Å². The number of carbonyl (C=O) groups is 2. The van der Waals surface area contributed by atoms with Gasteiger partial charge in [-0.1, -0.05) is 0 Å². The Morgan fingerprint density at radius 2 is 1.76 bits per heavy atom. The summed E-state index contributed by atoms with van der Waals surface area (Å²) in [5.41, 5.74) is 1.33. The van der Waals surface area contributed by atoms with E-state index in [-0.39, 0.29) is 33.3 Å². The predicted molar refractivity (Wildman–Crippen MR) is 129 cm³/mol. The third kappa shape index (κ3) is 4.89. The summed E-state index contributed by atoms with van der Waals surface area (Å²) < 4.78 is 7.91. The van der Waals surface area contributed by atoms with Crippen molar-refractivity contribution in [2.45, 2.75) is 43.0 Å². The van der Waals surface area contributed by atoms with Crippen molar-refractivity contribution in [2.75, 3.05) is 6.54 Å². The Kier molecular flexibility index (Phi) is 6.46. The Balaban J connectivity index is 1.84. The van der Waals surface area contributed by atoms with E-state index in [1.165, 1.54) is 4.90 Å². The van der Waals surface area contributed by atoms with Crippen molar-refractivity contribution < 1.29 is 14.3 Å². The van der Waals surface area contributed by atoms with E-state index >= 15 is 0 Å². The Morgan fingerprint density at radius 1 is 1.12 bits per heavy atom. The third-order valence-electron chi connectivity index (χ3n) is 5.71. The molecule has 0 aliphatic carbocycles. The van der Waals surface area contributed by atoms with E-state index in [4.69, 9.17) is 4.74 Å². The monoisotopic (exact) mass is 511 g/mol. The number of imidazole rings is 1. The molecule has 6 nitrogen and oxygen atoms in total. The van der Waals surface area contributed by atoms with Gasteiger partial charge in [-0.3, -0.25) is 0 Å². The van der Waals surface area contributed by atoms with E-state index < -0.39 is 16.0 Å². The molecular weight excluding hydrogens is 481 g/mol. The van der Waals surface area contributed by atoms with Crippen LogP contribution in [0.15, 0.2) is 73.2 Å². The van der Waals surface area contributed by atoms with Gasteiger partial charge in [0.15, 0.2) is 0 Å². The number of aryl methyl sites for hydroxylation is 1. The zero-order chi connectivity index (χ0) is 23.6. The molecule has 3 aromatic rings. The summed E-state index contributed by atoms with van der Waals surface area (Å²) in [5.74, 6) is -0.374. The summed E-state index contributed by atoms with van der Waals surface area (Å²) in [5, 5.41) is 0. The first kappa shape index (κ1) is 23.3. The van der Waals surface area contributed by atoms with E-state index in [0.717, 1.165) is 15.7 Å². The van der Waals surface area contributed by atoms with E-state index in [1.807, 2.05) is 87.1 Å². The second-order valence-corrected chi connectivity index (χ2v) is 12.3. The van der Waals surface area contributed by atoms with Gasteiger partial charge in [-0.05, 0) is 0 Å². The first-order valence-corrected chi connectivity index (χ1v) is 12.7. The number of aromatic nitrogens is 2. The van der Waals surface area contributed by atoms with Gasteiger partial charge < -0.3 is 0 Å². The number of rotatable bonds is 5. The summed E-state index contributed by atoms with van der Waals surface area (Å²) in [6, 6.07) is 20.2. The van der Waals surface area contributed by atoms with Gasteiger partial charge in [0.2, 0.25) is 0 Å². The second-order valence-electron chi connectivity index (χ2n) is 9.35. The molecule has 4 rings (SSSR count). The Bertz CT molecular complexity index is 1080. The number of imide groups is 1. The molecule has 0 N–H and O–H groups in total. The molecule has 7 heteroatoms. The molecule has 2 amide bonds. The van der Waals surface area contributed by atoms with Crippen LogP contribution in [0, 0.1) is 0 Å². The summed E-state index contributed by atoms with van der Waals surface area (Å²) in [4.78, 5) is 33.0. The maximum atomic E-state index is 14.2. The Labute approximate surface area is 201 Å². The number of likely N-dealkylation sites (tertiary alicyclic amines) is 1. The number of hydrogen-bond acceptors (Lipinski definition) is 4. The molecule has 1 aliphatic rings. The molecule has 0 radical (unpaired) electrons. The number of amides is 2. The van der Waals surface area contributed by atoms with Crippen LogP contribution in [-0.4, -0.2) is 53.6 Å². The molecule has 1 aliphatic heterocycles. The Morgan fingerprint density at radius 3 is 2.33 bits per heavy atom. The molecule has 2 aromatic carbocycles. The van der Waals surface area contributed by atoms with E-state index in [1.54, 1.807) is 6.33 Å². The van der Waals surface area contributed by atoms with Crippen molar-refractivity contribution in [3.8, 4) is 0 Å². The van der Waals surface area contributed by atoms with Crippen LogP contribution in [0.3, 0.4) is 0 Å². The van der Waals surface area contributed by atoms with Gasteiger partial charge in [0.05, 0.1) is 0 Å².